The van der Waals surface area contributed by atoms with Crippen LogP contribution in [0.2, 0.25) is 5.02 Å². The number of aromatic nitrogens is 2. The molecule has 2 atom stereocenters. The molecule has 3 heterocycles. The van der Waals surface area contributed by atoms with E-state index in [0.29, 0.717) is 0 Å². The van der Waals surface area contributed by atoms with E-state index >= 15 is 0 Å². The number of halogens is 1. The van der Waals surface area contributed by atoms with E-state index in [1.807, 2.05) is 54.7 Å². The molecule has 1 aliphatic rings. The molecule has 0 amide bonds. The highest BCUT2D eigenvalue weighted by Gasteiger charge is 2.42. The second-order valence-corrected chi connectivity index (χ2v) is 10.3. The Morgan fingerprint density at radius 1 is 0.973 bits per heavy atom. The van der Waals surface area contributed by atoms with Gasteiger partial charge in [-0.25, -0.2) is 0 Å². The Labute approximate surface area is 229 Å². The van der Waals surface area contributed by atoms with Gasteiger partial charge in [-0.05, 0) is 87.4 Å². The minimum Gasteiger partial charge on any atom is -0.385 e. The van der Waals surface area contributed by atoms with Crippen molar-refractivity contribution in [2.75, 3.05) is 18.4 Å². The molecule has 2 N–H and O–H groups in total. The molecule has 0 bridgehead atoms. The van der Waals surface area contributed by atoms with Crippen LogP contribution >= 0.6 is 23.8 Å². The Morgan fingerprint density at radius 3 is 2.49 bits per heavy atom. The summed E-state index contributed by atoms with van der Waals surface area (Å²) in [5.74, 6) is 0. The van der Waals surface area contributed by atoms with Gasteiger partial charge in [-0.15, -0.1) is 0 Å². The molecule has 5 rings (SSSR count). The van der Waals surface area contributed by atoms with Crippen LogP contribution in [0.1, 0.15) is 46.7 Å². The van der Waals surface area contributed by atoms with Gasteiger partial charge in [0.15, 0.2) is 5.11 Å². The number of hydrogen-bond acceptors (Lipinski definition) is 3. The molecule has 2 aromatic carbocycles. The van der Waals surface area contributed by atoms with Gasteiger partial charge in [0.05, 0.1) is 17.8 Å². The fourth-order valence-corrected chi connectivity index (χ4v) is 5.96. The monoisotopic (exact) mass is 529 g/mol. The van der Waals surface area contributed by atoms with Crippen LogP contribution in [0.5, 0.6) is 0 Å². The summed E-state index contributed by atoms with van der Waals surface area (Å²) in [6.07, 6.45) is 2.81. The van der Waals surface area contributed by atoms with E-state index in [9.17, 15) is 0 Å². The van der Waals surface area contributed by atoms with E-state index in [4.69, 9.17) is 28.8 Å². The normalized spacial score (nSPS) is 17.2. The number of anilines is 1. The molecule has 0 saturated carbocycles. The second-order valence-electron chi connectivity index (χ2n) is 9.49. The summed E-state index contributed by atoms with van der Waals surface area (Å²) >= 11 is 12.3. The predicted molar refractivity (Wildman–Crippen MR) is 157 cm³/mol. The van der Waals surface area contributed by atoms with Crippen LogP contribution in [0, 0.1) is 20.8 Å². The molecule has 5 nitrogen and oxygen atoms in total. The molecule has 37 heavy (non-hydrogen) atoms. The maximum Gasteiger partial charge on any atom is 0.170 e. The Balaban J connectivity index is 1.50. The van der Waals surface area contributed by atoms with E-state index in [1.165, 1.54) is 22.5 Å². The lowest BCUT2D eigenvalue weighted by molar-refractivity contribution is 0.314. The lowest BCUT2D eigenvalue weighted by Crippen LogP contribution is -2.32. The van der Waals surface area contributed by atoms with Gasteiger partial charge in [0.25, 0.3) is 0 Å². The summed E-state index contributed by atoms with van der Waals surface area (Å²) in [5, 5.41) is 8.63. The van der Waals surface area contributed by atoms with E-state index in [1.54, 1.807) is 0 Å². The summed E-state index contributed by atoms with van der Waals surface area (Å²) in [4.78, 5) is 7.06. The van der Waals surface area contributed by atoms with Crippen molar-refractivity contribution < 1.29 is 0 Å². The first-order chi connectivity index (χ1) is 18.0. The summed E-state index contributed by atoms with van der Waals surface area (Å²) in [5.41, 5.74) is 8.15. The van der Waals surface area contributed by atoms with Crippen molar-refractivity contribution in [3.05, 3.63) is 112 Å². The van der Waals surface area contributed by atoms with Gasteiger partial charge >= 0.3 is 0 Å². The van der Waals surface area contributed by atoms with E-state index in [-0.39, 0.29) is 12.1 Å². The first kappa shape index (κ1) is 25.3. The first-order valence-electron chi connectivity index (χ1n) is 12.7. The summed E-state index contributed by atoms with van der Waals surface area (Å²) in [6, 6.07) is 24.4. The third kappa shape index (κ3) is 5.09. The average molecular weight is 530 g/mol. The SMILES string of the molecule is Cc1c([C@@H]2[C@H](c3ccccn3)NC(=S)N2CCCNc2ccccc2)c(C)n(-c2cccc(Cl)c2)c1C. The molecule has 4 aromatic rings. The molecule has 0 aliphatic carbocycles. The van der Waals surface area contributed by atoms with Crippen LogP contribution in [-0.4, -0.2) is 32.7 Å². The smallest absolute Gasteiger partial charge is 0.170 e. The number of benzene rings is 2. The van der Waals surface area contributed by atoms with Gasteiger partial charge in [0.2, 0.25) is 0 Å². The molecule has 0 unspecified atom stereocenters. The molecule has 1 aliphatic heterocycles. The quantitative estimate of drug-likeness (QED) is 0.191. The number of nitrogens with one attached hydrogen (secondary N) is 2. The molecule has 1 fully saturated rings. The van der Waals surface area contributed by atoms with Crippen molar-refractivity contribution >= 4 is 34.6 Å². The van der Waals surface area contributed by atoms with Gasteiger partial charge in [-0.2, -0.15) is 0 Å². The molecule has 0 spiro atoms. The number of nitrogens with zero attached hydrogens (tertiary/aromatic N) is 3. The topological polar surface area (TPSA) is 45.1 Å². The Kier molecular flexibility index (Phi) is 7.49. The first-order valence-corrected chi connectivity index (χ1v) is 13.5. The molecule has 7 heteroatoms. The number of para-hydroxylation sites is 1. The average Bonchev–Trinajstić information content (AvgIpc) is 3.34. The number of rotatable bonds is 8. The Morgan fingerprint density at radius 2 is 1.76 bits per heavy atom. The number of hydrogen-bond donors (Lipinski definition) is 2. The van der Waals surface area contributed by atoms with Crippen molar-refractivity contribution in [3.8, 4) is 5.69 Å². The lowest BCUT2D eigenvalue weighted by atomic mass is 9.93. The standard InChI is InChI=1S/C30H32ClN5S/c1-20-21(2)36(25-14-9-11-23(31)19-25)22(3)27(20)29-28(26-15-7-8-16-33-26)34-30(37)35(29)18-10-17-32-24-12-5-4-6-13-24/h4-9,11-16,19,28-29,32H,10,17-18H2,1-3H3,(H,34,37)/t28-,29+/m0/s1. The van der Waals surface area contributed by atoms with Crippen LogP contribution in [0.25, 0.3) is 5.69 Å². The van der Waals surface area contributed by atoms with Crippen LogP contribution in [0.4, 0.5) is 5.69 Å². The fraction of sp³-hybridized carbons (Fsp3) is 0.267. The van der Waals surface area contributed by atoms with Crippen molar-refractivity contribution in [1.82, 2.24) is 19.8 Å². The highest BCUT2D eigenvalue weighted by atomic mass is 35.5. The zero-order chi connectivity index (χ0) is 25.9. The van der Waals surface area contributed by atoms with E-state index < -0.39 is 0 Å². The van der Waals surface area contributed by atoms with Gasteiger partial charge in [0.1, 0.15) is 0 Å². The van der Waals surface area contributed by atoms with E-state index in [2.05, 4.69) is 65.1 Å². The van der Waals surface area contributed by atoms with Gasteiger partial charge < -0.3 is 20.1 Å². The Hall–Kier alpha value is -3.35. The highest BCUT2D eigenvalue weighted by Crippen LogP contribution is 2.43. The maximum atomic E-state index is 6.37. The Bertz CT molecular complexity index is 1390. The van der Waals surface area contributed by atoms with Gasteiger partial charge in [-0.3, -0.25) is 4.98 Å². The summed E-state index contributed by atoms with van der Waals surface area (Å²) in [7, 11) is 0. The lowest BCUT2D eigenvalue weighted by Gasteiger charge is -2.29. The van der Waals surface area contributed by atoms with Crippen molar-refractivity contribution in [3.63, 3.8) is 0 Å². The molecule has 0 radical (unpaired) electrons. The predicted octanol–water partition coefficient (Wildman–Crippen LogP) is 6.93. The second kappa shape index (κ2) is 11.0. The minimum absolute atomic E-state index is 0.0262. The van der Waals surface area contributed by atoms with Crippen LogP contribution in [0.15, 0.2) is 79.0 Å². The van der Waals surface area contributed by atoms with Crippen LogP contribution < -0.4 is 10.6 Å². The minimum atomic E-state index is -0.0391. The summed E-state index contributed by atoms with van der Waals surface area (Å²) < 4.78 is 2.31. The van der Waals surface area contributed by atoms with Crippen molar-refractivity contribution in [2.24, 2.45) is 0 Å². The third-order valence-electron chi connectivity index (χ3n) is 7.25. The third-order valence-corrected chi connectivity index (χ3v) is 7.83. The van der Waals surface area contributed by atoms with E-state index in [0.717, 1.165) is 46.7 Å². The maximum absolute atomic E-state index is 6.37. The zero-order valence-corrected chi connectivity index (χ0v) is 23.0. The molecule has 1 saturated heterocycles. The highest BCUT2D eigenvalue weighted by molar-refractivity contribution is 7.80. The van der Waals surface area contributed by atoms with Crippen LogP contribution in [-0.2, 0) is 0 Å². The largest absolute Gasteiger partial charge is 0.385 e. The molecular weight excluding hydrogens is 498 g/mol. The fourth-order valence-electron chi connectivity index (χ4n) is 5.44. The zero-order valence-electron chi connectivity index (χ0n) is 21.4. The van der Waals surface area contributed by atoms with Gasteiger partial charge in [0, 0.05) is 52.6 Å². The van der Waals surface area contributed by atoms with Gasteiger partial charge in [-0.1, -0.05) is 41.9 Å². The molecule has 2 aromatic heterocycles. The number of thiocarbonyl (C=S) groups is 1. The molecule has 190 valence electrons. The molecular formula is C30H32ClN5S. The van der Waals surface area contributed by atoms with Crippen molar-refractivity contribution in [1.29, 1.82) is 0 Å². The number of pyridine rings is 1. The van der Waals surface area contributed by atoms with Crippen LogP contribution in [0.3, 0.4) is 0 Å². The van der Waals surface area contributed by atoms with Crippen molar-refractivity contribution in [2.45, 2.75) is 39.3 Å². The summed E-state index contributed by atoms with van der Waals surface area (Å²) in [6.45, 7) is 8.29.